The molecule has 8 nitrogen and oxygen atoms in total. The van der Waals surface area contributed by atoms with Crippen molar-refractivity contribution in [2.75, 3.05) is 5.75 Å². The van der Waals surface area contributed by atoms with Gasteiger partial charge in [0.25, 0.3) is 5.69 Å². The fraction of sp³-hybridized carbons (Fsp3) is 0.238. The van der Waals surface area contributed by atoms with Crippen molar-refractivity contribution in [2.45, 2.75) is 31.2 Å². The Morgan fingerprint density at radius 2 is 1.97 bits per heavy atom. The zero-order valence-corrected chi connectivity index (χ0v) is 18.5. The molecular formula is C21H21N3O5S2. The summed E-state index contributed by atoms with van der Waals surface area (Å²) in [5, 5.41) is 11.0. The molecule has 1 heterocycles. The largest absolute Gasteiger partial charge is 0.312 e. The van der Waals surface area contributed by atoms with Crippen LogP contribution in [0, 0.1) is 17.0 Å². The minimum Gasteiger partial charge on any atom is -0.312 e. The van der Waals surface area contributed by atoms with E-state index in [1.807, 2.05) is 6.92 Å². The van der Waals surface area contributed by atoms with E-state index in [1.54, 1.807) is 41.0 Å². The molecule has 0 bridgehead atoms. The highest BCUT2D eigenvalue weighted by Gasteiger charge is 2.16. The Bertz CT molecular complexity index is 1320. The lowest BCUT2D eigenvalue weighted by Gasteiger charge is -2.04. The zero-order valence-electron chi connectivity index (χ0n) is 16.9. The maximum absolute atomic E-state index is 12.4. The van der Waals surface area contributed by atoms with Crippen LogP contribution < -0.4 is 4.80 Å². The number of hydrogen-bond donors (Lipinski definition) is 0. The van der Waals surface area contributed by atoms with Gasteiger partial charge in [0.15, 0.2) is 14.6 Å². The first kappa shape index (κ1) is 22.6. The zero-order chi connectivity index (χ0) is 22.6. The Kier molecular flexibility index (Phi) is 6.81. The number of carbonyl (C=O) groups is 1. The lowest BCUT2D eigenvalue weighted by molar-refractivity contribution is -0.384. The van der Waals surface area contributed by atoms with Crippen molar-refractivity contribution in [1.29, 1.82) is 0 Å². The molecule has 3 aromatic rings. The Hall–Kier alpha value is -3.11. The van der Waals surface area contributed by atoms with Gasteiger partial charge in [0.1, 0.15) is 0 Å². The maximum Gasteiger partial charge on any atom is 0.270 e. The topological polar surface area (TPSA) is 112 Å². The summed E-state index contributed by atoms with van der Waals surface area (Å²) in [5.74, 6) is -0.597. The number of rotatable bonds is 8. The highest BCUT2D eigenvalue weighted by atomic mass is 32.2. The quantitative estimate of drug-likeness (QED) is 0.289. The van der Waals surface area contributed by atoms with Crippen LogP contribution in [0.3, 0.4) is 0 Å². The molecule has 3 rings (SSSR count). The summed E-state index contributed by atoms with van der Waals surface area (Å²) in [6.07, 6.45) is 1.77. The predicted octanol–water partition coefficient (Wildman–Crippen LogP) is 3.79. The first-order valence-corrected chi connectivity index (χ1v) is 11.9. The Morgan fingerprint density at radius 1 is 1.26 bits per heavy atom. The van der Waals surface area contributed by atoms with Crippen LogP contribution in [0.1, 0.15) is 18.4 Å². The number of aryl methyl sites for hydroxylation is 1. The number of carbonyl (C=O) groups excluding carboxylic acids is 1. The van der Waals surface area contributed by atoms with Gasteiger partial charge in [-0.1, -0.05) is 35.1 Å². The van der Waals surface area contributed by atoms with Gasteiger partial charge < -0.3 is 4.57 Å². The fourth-order valence-corrected chi connectivity index (χ4v) is 5.41. The summed E-state index contributed by atoms with van der Waals surface area (Å²) >= 11 is 1.17. The highest BCUT2D eigenvalue weighted by Crippen LogP contribution is 2.23. The number of benzene rings is 2. The summed E-state index contributed by atoms with van der Waals surface area (Å²) < 4.78 is 27.2. The lowest BCUT2D eigenvalue weighted by atomic mass is 10.2. The van der Waals surface area contributed by atoms with Gasteiger partial charge in [-0.25, -0.2) is 8.42 Å². The number of amides is 1. The van der Waals surface area contributed by atoms with E-state index >= 15 is 0 Å². The number of aromatic nitrogens is 1. The van der Waals surface area contributed by atoms with Crippen LogP contribution in [0.15, 0.2) is 65.0 Å². The molecule has 0 saturated heterocycles. The van der Waals surface area contributed by atoms with Crippen LogP contribution in [0.2, 0.25) is 0 Å². The minimum absolute atomic E-state index is 0.0203. The number of fused-ring (bicyclic) bond motifs is 1. The summed E-state index contributed by atoms with van der Waals surface area (Å²) in [6.45, 7) is 5.96. The normalized spacial score (nSPS) is 12.2. The SMILES string of the molecule is C=CCn1c(=NC(=O)CCCS(=O)(=O)c2ccc(C)cc2)sc2cc([N+](=O)[O-])ccc21. The third-order valence-electron chi connectivity index (χ3n) is 4.59. The van der Waals surface area contributed by atoms with Crippen molar-refractivity contribution in [3.63, 3.8) is 0 Å². The summed E-state index contributed by atoms with van der Waals surface area (Å²) in [7, 11) is -3.47. The molecule has 0 N–H and O–H groups in total. The number of hydrogen-bond acceptors (Lipinski definition) is 6. The molecule has 1 aromatic heterocycles. The molecule has 0 saturated carbocycles. The second-order valence-corrected chi connectivity index (χ2v) is 10.1. The molecule has 31 heavy (non-hydrogen) atoms. The van der Waals surface area contributed by atoms with E-state index in [0.717, 1.165) is 5.56 Å². The van der Waals surface area contributed by atoms with E-state index in [9.17, 15) is 23.3 Å². The molecule has 162 valence electrons. The summed E-state index contributed by atoms with van der Waals surface area (Å²) in [6, 6.07) is 11.0. The van der Waals surface area contributed by atoms with E-state index in [4.69, 9.17) is 0 Å². The lowest BCUT2D eigenvalue weighted by Crippen LogP contribution is -2.16. The molecule has 2 aromatic carbocycles. The summed E-state index contributed by atoms with van der Waals surface area (Å²) in [4.78, 5) is 27.7. The van der Waals surface area contributed by atoms with E-state index < -0.39 is 20.7 Å². The molecule has 10 heteroatoms. The Balaban J connectivity index is 1.78. The number of sulfone groups is 1. The standard InChI is InChI=1S/C21H21N3O5S2/c1-3-12-23-18-11-8-16(24(26)27)14-19(18)30-21(23)22-20(25)5-4-13-31(28,29)17-9-6-15(2)7-10-17/h3,6-11,14H,1,4-5,12-13H2,2H3. The van der Waals surface area contributed by atoms with Crippen molar-refractivity contribution in [3.05, 3.63) is 75.6 Å². The van der Waals surface area contributed by atoms with Crippen LogP contribution in [0.25, 0.3) is 10.2 Å². The van der Waals surface area contributed by atoms with E-state index in [2.05, 4.69) is 11.6 Å². The Labute approximate surface area is 183 Å². The predicted molar refractivity (Wildman–Crippen MR) is 120 cm³/mol. The smallest absolute Gasteiger partial charge is 0.270 e. The van der Waals surface area contributed by atoms with E-state index in [-0.39, 0.29) is 29.2 Å². The van der Waals surface area contributed by atoms with Gasteiger partial charge in [0.05, 0.1) is 25.8 Å². The van der Waals surface area contributed by atoms with Crippen molar-refractivity contribution in [1.82, 2.24) is 4.57 Å². The van der Waals surface area contributed by atoms with Gasteiger partial charge in [0, 0.05) is 25.1 Å². The van der Waals surface area contributed by atoms with Crippen molar-refractivity contribution in [2.24, 2.45) is 4.99 Å². The third kappa shape index (κ3) is 5.33. The molecule has 1 amide bonds. The van der Waals surface area contributed by atoms with Gasteiger partial charge in [0.2, 0.25) is 5.91 Å². The van der Waals surface area contributed by atoms with Gasteiger partial charge in [-0.05, 0) is 31.5 Å². The molecule has 0 spiro atoms. The molecule has 0 fully saturated rings. The third-order valence-corrected chi connectivity index (χ3v) is 7.45. The first-order chi connectivity index (χ1) is 14.7. The average Bonchev–Trinajstić information content (AvgIpc) is 3.04. The fourth-order valence-electron chi connectivity index (χ4n) is 3.01. The highest BCUT2D eigenvalue weighted by molar-refractivity contribution is 7.91. The minimum atomic E-state index is -3.47. The average molecular weight is 460 g/mol. The van der Waals surface area contributed by atoms with Gasteiger partial charge in [-0.2, -0.15) is 4.99 Å². The van der Waals surface area contributed by atoms with Gasteiger partial charge in [-0.15, -0.1) is 6.58 Å². The summed E-state index contributed by atoms with van der Waals surface area (Å²) in [5.41, 5.74) is 1.64. The first-order valence-electron chi connectivity index (χ1n) is 9.47. The molecule has 0 aliphatic carbocycles. The van der Waals surface area contributed by atoms with Crippen molar-refractivity contribution >= 4 is 43.0 Å². The number of allylic oxidation sites excluding steroid dienone is 1. The van der Waals surface area contributed by atoms with Crippen LogP contribution >= 0.6 is 11.3 Å². The van der Waals surface area contributed by atoms with Crippen LogP contribution in [0.4, 0.5) is 5.69 Å². The number of nitro benzene ring substituents is 1. The molecule has 0 radical (unpaired) electrons. The van der Waals surface area contributed by atoms with Crippen molar-refractivity contribution < 1.29 is 18.1 Å². The molecular weight excluding hydrogens is 438 g/mol. The molecule has 0 atom stereocenters. The molecule has 0 aliphatic heterocycles. The molecule has 0 aliphatic rings. The van der Waals surface area contributed by atoms with Crippen molar-refractivity contribution in [3.8, 4) is 0 Å². The van der Waals surface area contributed by atoms with E-state index in [0.29, 0.717) is 21.6 Å². The van der Waals surface area contributed by atoms with Crippen LogP contribution in [0.5, 0.6) is 0 Å². The van der Waals surface area contributed by atoms with Gasteiger partial charge in [-0.3, -0.25) is 14.9 Å². The number of nitro groups is 1. The second-order valence-electron chi connectivity index (χ2n) is 6.93. The number of nitrogens with zero attached hydrogens (tertiary/aromatic N) is 3. The maximum atomic E-state index is 12.4. The Morgan fingerprint density at radius 3 is 2.61 bits per heavy atom. The number of non-ortho nitro benzene ring substituents is 1. The molecule has 0 unspecified atom stereocenters. The number of thiazole rings is 1. The van der Waals surface area contributed by atoms with Gasteiger partial charge >= 0.3 is 0 Å². The second kappa shape index (κ2) is 9.36. The van der Waals surface area contributed by atoms with E-state index in [1.165, 1.54) is 23.5 Å². The van der Waals surface area contributed by atoms with Crippen LogP contribution in [-0.4, -0.2) is 29.6 Å². The van der Waals surface area contributed by atoms with Crippen LogP contribution in [-0.2, 0) is 21.2 Å². The monoisotopic (exact) mass is 459 g/mol.